The quantitative estimate of drug-likeness (QED) is 0.164. The Morgan fingerprint density at radius 1 is 0.744 bits per heavy atom. The van der Waals surface area contributed by atoms with Crippen molar-refractivity contribution in [3.05, 3.63) is 143 Å². The molecule has 1 aromatic heterocycles. The molecule has 0 aliphatic heterocycles. The van der Waals surface area contributed by atoms with E-state index in [9.17, 15) is 8.42 Å². The molecule has 0 atom stereocenters. The molecular weight excluding hydrogens is 532 g/mol. The van der Waals surface area contributed by atoms with Gasteiger partial charge in [-0.25, -0.2) is 8.42 Å². The molecule has 0 saturated heterocycles. The summed E-state index contributed by atoms with van der Waals surface area (Å²) in [7, 11) is -3.79. The second-order valence-electron chi connectivity index (χ2n) is 8.68. The molecule has 39 heavy (non-hydrogen) atoms. The monoisotopic (exact) mass is 556 g/mol. The van der Waals surface area contributed by atoms with Crippen molar-refractivity contribution in [2.45, 2.75) is 18.0 Å². The number of hydrogen-bond donors (Lipinski definition) is 0. The summed E-state index contributed by atoms with van der Waals surface area (Å²) in [6.45, 7) is 0.217. The van der Waals surface area contributed by atoms with Gasteiger partial charge in [0.2, 0.25) is 10.0 Å². The Kier molecular flexibility index (Phi) is 8.22. The highest BCUT2D eigenvalue weighted by Crippen LogP contribution is 2.25. The second kappa shape index (κ2) is 12.1. The summed E-state index contributed by atoms with van der Waals surface area (Å²) in [4.78, 5) is 4.69. The second-order valence-corrected chi connectivity index (χ2v) is 11.1. The van der Waals surface area contributed by atoms with Crippen LogP contribution in [0, 0.1) is 0 Å². The molecule has 0 unspecified atom stereocenters. The molecule has 4 aromatic carbocycles. The fraction of sp³-hybridized carbons (Fsp3) is 0.0645. The van der Waals surface area contributed by atoms with Crippen molar-refractivity contribution >= 4 is 33.5 Å². The van der Waals surface area contributed by atoms with E-state index in [0.717, 1.165) is 17.0 Å². The number of furan rings is 1. The number of ether oxygens (including phenoxy) is 1. The summed E-state index contributed by atoms with van der Waals surface area (Å²) in [5.74, 6) is 2.48. The molecule has 1 heterocycles. The lowest BCUT2D eigenvalue weighted by molar-refractivity contribution is 0.357. The lowest BCUT2D eigenvalue weighted by Crippen LogP contribution is -2.30. The highest BCUT2D eigenvalue weighted by molar-refractivity contribution is 7.89. The molecule has 8 heteroatoms. The zero-order chi connectivity index (χ0) is 27.1. The maximum absolute atomic E-state index is 13.5. The first-order chi connectivity index (χ1) is 19.0. The summed E-state index contributed by atoms with van der Waals surface area (Å²) in [5, 5.41) is 0.588. The molecule has 0 aliphatic rings. The number of aliphatic imine (C=N–C) groups is 1. The minimum Gasteiger partial charge on any atom is -0.459 e. The van der Waals surface area contributed by atoms with Gasteiger partial charge in [-0.05, 0) is 78.4 Å². The third-order valence-corrected chi connectivity index (χ3v) is 7.88. The van der Waals surface area contributed by atoms with Crippen molar-refractivity contribution < 1.29 is 17.6 Å². The first-order valence-corrected chi connectivity index (χ1v) is 14.0. The number of hydrogen-bond acceptors (Lipinski definition) is 5. The first-order valence-electron chi connectivity index (χ1n) is 12.2. The van der Waals surface area contributed by atoms with Gasteiger partial charge < -0.3 is 9.15 Å². The smallest absolute Gasteiger partial charge is 0.243 e. The molecule has 6 nitrogen and oxygen atoms in total. The summed E-state index contributed by atoms with van der Waals surface area (Å²) < 4.78 is 40.1. The van der Waals surface area contributed by atoms with Crippen LogP contribution in [0.4, 0.5) is 5.69 Å². The fourth-order valence-electron chi connectivity index (χ4n) is 3.85. The van der Waals surface area contributed by atoms with Crippen molar-refractivity contribution in [3.8, 4) is 11.5 Å². The van der Waals surface area contributed by atoms with Gasteiger partial charge in [0, 0.05) is 11.6 Å². The maximum atomic E-state index is 13.5. The number of para-hydroxylation sites is 1. The Hall–Kier alpha value is -4.17. The largest absolute Gasteiger partial charge is 0.459 e. The average Bonchev–Trinajstić information content (AvgIpc) is 3.42. The van der Waals surface area contributed by atoms with Gasteiger partial charge in [0.15, 0.2) is 0 Å². The van der Waals surface area contributed by atoms with Crippen molar-refractivity contribution in [2.75, 3.05) is 0 Å². The zero-order valence-electron chi connectivity index (χ0n) is 20.9. The van der Waals surface area contributed by atoms with Crippen molar-refractivity contribution in [1.82, 2.24) is 4.31 Å². The van der Waals surface area contributed by atoms with Crippen LogP contribution in [0.25, 0.3) is 0 Å². The van der Waals surface area contributed by atoms with Gasteiger partial charge in [-0.1, -0.05) is 60.1 Å². The Bertz CT molecular complexity index is 1630. The molecule has 0 fully saturated rings. The van der Waals surface area contributed by atoms with Gasteiger partial charge in [-0.2, -0.15) is 4.31 Å². The van der Waals surface area contributed by atoms with Crippen LogP contribution in [0.2, 0.25) is 5.02 Å². The Labute approximate surface area is 232 Å². The molecular formula is C31H25ClN2O4S. The molecule has 0 aliphatic carbocycles. The van der Waals surface area contributed by atoms with Crippen molar-refractivity contribution in [2.24, 2.45) is 4.99 Å². The van der Waals surface area contributed by atoms with E-state index < -0.39 is 10.0 Å². The van der Waals surface area contributed by atoms with Crippen LogP contribution in [-0.2, 0) is 23.1 Å². The third-order valence-electron chi connectivity index (χ3n) is 5.82. The molecule has 0 N–H and O–H groups in total. The SMILES string of the molecule is O=S(=O)(c1ccccc1)N(Cc1ccc(Cl)cc1)Cc1ccc(C=Nc2ccc(Oc3ccccc3)cc2)o1. The van der Waals surface area contributed by atoms with Gasteiger partial charge in [0.25, 0.3) is 0 Å². The molecule has 0 bridgehead atoms. The van der Waals surface area contributed by atoms with Crippen LogP contribution in [0.5, 0.6) is 11.5 Å². The Morgan fingerprint density at radius 2 is 1.38 bits per heavy atom. The fourth-order valence-corrected chi connectivity index (χ4v) is 5.39. The first kappa shape index (κ1) is 26.4. The minimum atomic E-state index is -3.79. The standard InChI is InChI=1S/C31H25ClN2O4S/c32-25-13-11-24(12-14-25)22-34(39(35,36)31-9-5-2-6-10-31)23-30-20-19-29(38-30)21-33-26-15-17-28(18-16-26)37-27-7-3-1-4-8-27/h1-21H,22-23H2. The molecule has 0 spiro atoms. The van der Waals surface area contributed by atoms with Crippen LogP contribution >= 0.6 is 11.6 Å². The summed E-state index contributed by atoms with van der Waals surface area (Å²) in [5.41, 5.74) is 1.54. The van der Waals surface area contributed by atoms with Gasteiger partial charge >= 0.3 is 0 Å². The minimum absolute atomic E-state index is 0.0548. The van der Waals surface area contributed by atoms with Crippen LogP contribution in [0.3, 0.4) is 0 Å². The number of benzene rings is 4. The van der Waals surface area contributed by atoms with Crippen molar-refractivity contribution in [3.63, 3.8) is 0 Å². The summed E-state index contributed by atoms with van der Waals surface area (Å²) in [6, 6.07) is 35.9. The van der Waals surface area contributed by atoms with Crippen LogP contribution in [0.15, 0.2) is 136 Å². The summed E-state index contributed by atoms with van der Waals surface area (Å²) >= 11 is 6.02. The van der Waals surface area contributed by atoms with Gasteiger partial charge in [0.1, 0.15) is 23.0 Å². The lowest BCUT2D eigenvalue weighted by Gasteiger charge is -2.21. The van der Waals surface area contributed by atoms with E-state index in [1.165, 1.54) is 4.31 Å². The average molecular weight is 557 g/mol. The Balaban J connectivity index is 1.30. The lowest BCUT2D eigenvalue weighted by atomic mass is 10.2. The predicted octanol–water partition coefficient (Wildman–Crippen LogP) is 7.87. The molecule has 0 amide bonds. The number of sulfonamides is 1. The van der Waals surface area contributed by atoms with E-state index in [2.05, 4.69) is 4.99 Å². The van der Waals surface area contributed by atoms with E-state index in [4.69, 9.17) is 20.8 Å². The number of rotatable bonds is 10. The topological polar surface area (TPSA) is 72.1 Å². The van der Waals surface area contributed by atoms with Crippen molar-refractivity contribution in [1.29, 1.82) is 0 Å². The van der Waals surface area contributed by atoms with E-state index in [1.54, 1.807) is 60.8 Å². The number of halogens is 1. The van der Waals surface area contributed by atoms with Crippen LogP contribution < -0.4 is 4.74 Å². The van der Waals surface area contributed by atoms with Crippen LogP contribution in [0.1, 0.15) is 17.1 Å². The van der Waals surface area contributed by atoms with Gasteiger partial charge in [-0.3, -0.25) is 4.99 Å². The maximum Gasteiger partial charge on any atom is 0.243 e. The summed E-state index contributed by atoms with van der Waals surface area (Å²) in [6.07, 6.45) is 1.60. The highest BCUT2D eigenvalue weighted by atomic mass is 35.5. The predicted molar refractivity (Wildman–Crippen MR) is 153 cm³/mol. The van der Waals surface area contributed by atoms with Crippen LogP contribution in [-0.4, -0.2) is 18.9 Å². The van der Waals surface area contributed by atoms with Gasteiger partial charge in [-0.15, -0.1) is 0 Å². The molecule has 196 valence electrons. The van der Waals surface area contributed by atoms with E-state index in [1.807, 2.05) is 66.7 Å². The highest BCUT2D eigenvalue weighted by Gasteiger charge is 2.26. The normalized spacial score (nSPS) is 11.7. The number of nitrogens with zero attached hydrogens (tertiary/aromatic N) is 2. The molecule has 0 radical (unpaired) electrons. The molecule has 5 aromatic rings. The van der Waals surface area contributed by atoms with Gasteiger partial charge in [0.05, 0.1) is 23.3 Å². The molecule has 0 saturated carbocycles. The van der Waals surface area contributed by atoms with E-state index in [0.29, 0.717) is 22.3 Å². The van der Waals surface area contributed by atoms with E-state index >= 15 is 0 Å². The zero-order valence-corrected chi connectivity index (χ0v) is 22.4. The third kappa shape index (κ3) is 7.03. The van der Waals surface area contributed by atoms with E-state index in [-0.39, 0.29) is 18.0 Å². The molecule has 5 rings (SSSR count). The Morgan fingerprint density at radius 3 is 2.08 bits per heavy atom.